The van der Waals surface area contributed by atoms with E-state index in [-0.39, 0.29) is 11.3 Å². The summed E-state index contributed by atoms with van der Waals surface area (Å²) in [6.07, 6.45) is -1.16. The van der Waals surface area contributed by atoms with Crippen molar-refractivity contribution in [1.82, 2.24) is 5.32 Å². The zero-order chi connectivity index (χ0) is 15.3. The lowest BCUT2D eigenvalue weighted by atomic mass is 10.0. The van der Waals surface area contributed by atoms with Gasteiger partial charge in [0, 0.05) is 4.47 Å². The fraction of sp³-hybridized carbons (Fsp3) is 0.308. The SMILES string of the molecule is C/C=C/c1cc(Br)cc(OC)c1C(=O)NCC(F)(F)F. The summed E-state index contributed by atoms with van der Waals surface area (Å²) in [6, 6.07) is 3.15. The smallest absolute Gasteiger partial charge is 0.405 e. The van der Waals surface area contributed by atoms with Gasteiger partial charge in [0.15, 0.2) is 0 Å². The van der Waals surface area contributed by atoms with Crippen LogP contribution in [0, 0.1) is 0 Å². The van der Waals surface area contributed by atoms with Gasteiger partial charge < -0.3 is 10.1 Å². The van der Waals surface area contributed by atoms with Crippen LogP contribution in [0.3, 0.4) is 0 Å². The highest BCUT2D eigenvalue weighted by atomic mass is 79.9. The molecule has 0 spiro atoms. The first-order valence-electron chi connectivity index (χ1n) is 5.63. The Hall–Kier alpha value is -1.50. The molecule has 1 amide bonds. The first-order valence-corrected chi connectivity index (χ1v) is 6.43. The van der Waals surface area contributed by atoms with E-state index in [1.165, 1.54) is 13.2 Å². The molecule has 7 heteroatoms. The van der Waals surface area contributed by atoms with E-state index in [9.17, 15) is 18.0 Å². The second-order valence-corrected chi connectivity index (χ2v) is 4.79. The second-order valence-electron chi connectivity index (χ2n) is 3.87. The fourth-order valence-electron chi connectivity index (χ4n) is 1.59. The van der Waals surface area contributed by atoms with Crippen molar-refractivity contribution >= 4 is 27.9 Å². The van der Waals surface area contributed by atoms with E-state index >= 15 is 0 Å². The van der Waals surface area contributed by atoms with Crippen LogP contribution in [-0.4, -0.2) is 25.7 Å². The van der Waals surface area contributed by atoms with Crippen molar-refractivity contribution in [1.29, 1.82) is 0 Å². The summed E-state index contributed by atoms with van der Waals surface area (Å²) in [7, 11) is 1.35. The van der Waals surface area contributed by atoms with E-state index in [1.54, 1.807) is 25.1 Å². The molecular formula is C13H13BrF3NO2. The number of allylic oxidation sites excluding steroid dienone is 1. The van der Waals surface area contributed by atoms with Gasteiger partial charge >= 0.3 is 6.18 Å². The predicted molar refractivity (Wildman–Crippen MR) is 73.8 cm³/mol. The summed E-state index contributed by atoms with van der Waals surface area (Å²) in [5.74, 6) is -0.632. The Morgan fingerprint density at radius 2 is 2.10 bits per heavy atom. The molecule has 1 aromatic rings. The Morgan fingerprint density at radius 3 is 2.60 bits per heavy atom. The minimum Gasteiger partial charge on any atom is -0.496 e. The van der Waals surface area contributed by atoms with Crippen LogP contribution < -0.4 is 10.1 Å². The third-order valence-electron chi connectivity index (χ3n) is 2.34. The summed E-state index contributed by atoms with van der Waals surface area (Å²) in [6.45, 7) is 0.352. The van der Waals surface area contributed by atoms with Crippen LogP contribution in [-0.2, 0) is 0 Å². The maximum absolute atomic E-state index is 12.2. The molecule has 20 heavy (non-hydrogen) atoms. The third-order valence-corrected chi connectivity index (χ3v) is 2.80. The van der Waals surface area contributed by atoms with Crippen molar-refractivity contribution in [3.05, 3.63) is 33.8 Å². The largest absolute Gasteiger partial charge is 0.496 e. The number of carbonyl (C=O) groups excluding carboxylic acids is 1. The van der Waals surface area contributed by atoms with Crippen LogP contribution in [0.2, 0.25) is 0 Å². The molecule has 3 nitrogen and oxygen atoms in total. The molecule has 110 valence electrons. The van der Waals surface area contributed by atoms with Gasteiger partial charge in [0.1, 0.15) is 12.3 Å². The van der Waals surface area contributed by atoms with Crippen LogP contribution in [0.5, 0.6) is 5.75 Å². The number of methoxy groups -OCH3 is 1. The Balaban J connectivity index is 3.17. The van der Waals surface area contributed by atoms with Crippen molar-refractivity contribution in [2.45, 2.75) is 13.1 Å². The van der Waals surface area contributed by atoms with Gasteiger partial charge in [-0.25, -0.2) is 0 Å². The summed E-state index contributed by atoms with van der Waals surface area (Å²) in [5.41, 5.74) is 0.538. The molecule has 0 saturated heterocycles. The number of nitrogens with one attached hydrogen (secondary N) is 1. The minimum atomic E-state index is -4.46. The number of amides is 1. The number of carbonyl (C=O) groups is 1. The number of rotatable bonds is 4. The molecule has 1 aromatic carbocycles. The zero-order valence-corrected chi connectivity index (χ0v) is 12.4. The summed E-state index contributed by atoms with van der Waals surface area (Å²) >= 11 is 3.25. The monoisotopic (exact) mass is 351 g/mol. The zero-order valence-electron chi connectivity index (χ0n) is 10.8. The van der Waals surface area contributed by atoms with Crippen molar-refractivity contribution in [3.8, 4) is 5.75 Å². The van der Waals surface area contributed by atoms with E-state index in [0.717, 1.165) is 0 Å². The quantitative estimate of drug-likeness (QED) is 0.896. The first kappa shape index (κ1) is 16.6. The van der Waals surface area contributed by atoms with Crippen molar-refractivity contribution in [2.24, 2.45) is 0 Å². The molecule has 0 bridgehead atoms. The number of halogens is 4. The van der Waals surface area contributed by atoms with Crippen LogP contribution in [0.1, 0.15) is 22.8 Å². The number of alkyl halides is 3. The van der Waals surface area contributed by atoms with Crippen molar-refractivity contribution < 1.29 is 22.7 Å². The van der Waals surface area contributed by atoms with Gasteiger partial charge in [-0.05, 0) is 24.6 Å². The summed E-state index contributed by atoms with van der Waals surface area (Å²) < 4.78 is 42.2. The molecule has 1 rings (SSSR count). The van der Waals surface area contributed by atoms with Gasteiger partial charge in [0.25, 0.3) is 5.91 Å². The molecule has 1 N–H and O–H groups in total. The highest BCUT2D eigenvalue weighted by Gasteiger charge is 2.29. The summed E-state index contributed by atoms with van der Waals surface area (Å²) in [5, 5.41) is 1.84. The topological polar surface area (TPSA) is 38.3 Å². The maximum atomic E-state index is 12.2. The Bertz CT molecular complexity index is 527. The van der Waals surface area contributed by atoms with Gasteiger partial charge in [0.2, 0.25) is 0 Å². The Kier molecular flexibility index (Phi) is 5.62. The summed E-state index contributed by atoms with van der Waals surface area (Å²) in [4.78, 5) is 11.9. The van der Waals surface area contributed by atoms with Gasteiger partial charge in [-0.15, -0.1) is 0 Å². The highest BCUT2D eigenvalue weighted by molar-refractivity contribution is 9.10. The van der Waals surface area contributed by atoms with Crippen LogP contribution in [0.4, 0.5) is 13.2 Å². The lowest BCUT2D eigenvalue weighted by Crippen LogP contribution is -2.34. The highest BCUT2D eigenvalue weighted by Crippen LogP contribution is 2.29. The maximum Gasteiger partial charge on any atom is 0.405 e. The van der Waals surface area contributed by atoms with Crippen molar-refractivity contribution in [2.75, 3.05) is 13.7 Å². The van der Waals surface area contributed by atoms with E-state index in [4.69, 9.17) is 4.74 Å². The van der Waals surface area contributed by atoms with Crippen LogP contribution in [0.15, 0.2) is 22.7 Å². The number of hydrogen-bond acceptors (Lipinski definition) is 2. The predicted octanol–water partition coefficient (Wildman–Crippen LogP) is 3.78. The molecule has 0 aromatic heterocycles. The minimum absolute atomic E-state index is 0.0676. The van der Waals surface area contributed by atoms with E-state index in [0.29, 0.717) is 10.0 Å². The standard InChI is InChI=1S/C13H13BrF3NO2/c1-3-4-8-5-9(14)6-10(20-2)11(8)12(19)18-7-13(15,16)17/h3-6H,7H2,1-2H3,(H,18,19)/b4-3+. The van der Waals surface area contributed by atoms with Crippen LogP contribution in [0.25, 0.3) is 6.08 Å². The lowest BCUT2D eigenvalue weighted by Gasteiger charge is -2.14. The molecular weight excluding hydrogens is 339 g/mol. The first-order chi connectivity index (χ1) is 9.28. The molecule has 0 aliphatic carbocycles. The number of hydrogen-bond donors (Lipinski definition) is 1. The molecule has 0 fully saturated rings. The molecule has 0 aliphatic rings. The van der Waals surface area contributed by atoms with Gasteiger partial charge in [-0.1, -0.05) is 28.1 Å². The average Bonchev–Trinajstić information content (AvgIpc) is 2.34. The van der Waals surface area contributed by atoms with E-state index in [2.05, 4.69) is 15.9 Å². The van der Waals surface area contributed by atoms with Gasteiger partial charge in [0.05, 0.1) is 12.7 Å². The third kappa shape index (κ3) is 4.56. The molecule has 0 aliphatic heterocycles. The second kappa shape index (κ2) is 6.78. The van der Waals surface area contributed by atoms with Crippen LogP contribution >= 0.6 is 15.9 Å². The Labute approximate surface area is 122 Å². The molecule has 0 radical (unpaired) electrons. The molecule has 0 saturated carbocycles. The van der Waals surface area contributed by atoms with Gasteiger partial charge in [-0.2, -0.15) is 13.2 Å². The normalized spacial score (nSPS) is 11.7. The van der Waals surface area contributed by atoms with Crippen molar-refractivity contribution in [3.63, 3.8) is 0 Å². The number of ether oxygens (including phenoxy) is 1. The van der Waals surface area contributed by atoms with E-state index < -0.39 is 18.6 Å². The molecule has 0 atom stereocenters. The van der Waals surface area contributed by atoms with Gasteiger partial charge in [-0.3, -0.25) is 4.79 Å². The van der Waals surface area contributed by atoms with E-state index in [1.807, 2.05) is 5.32 Å². The molecule has 0 heterocycles. The molecule has 0 unspecified atom stereocenters. The lowest BCUT2D eigenvalue weighted by molar-refractivity contribution is -0.123. The number of benzene rings is 1. The fourth-order valence-corrected chi connectivity index (χ4v) is 2.04. The Morgan fingerprint density at radius 1 is 1.45 bits per heavy atom. The average molecular weight is 352 g/mol.